The van der Waals surface area contributed by atoms with Gasteiger partial charge in [0, 0.05) is 0 Å². The molecule has 1 aromatic rings. The summed E-state index contributed by atoms with van der Waals surface area (Å²) in [6, 6.07) is 7.60. The molecule has 0 aromatic heterocycles. The van der Waals surface area contributed by atoms with E-state index in [1.165, 1.54) is 5.56 Å². The minimum atomic E-state index is -0.0889. The molecular formula is C17H22O2. The Hall–Kier alpha value is -1.28. The lowest BCUT2D eigenvalue weighted by molar-refractivity contribution is 0.0607. The van der Waals surface area contributed by atoms with Crippen molar-refractivity contribution in [1.29, 1.82) is 0 Å². The molecule has 0 amide bonds. The second-order valence-electron chi connectivity index (χ2n) is 6.17. The Labute approximate surface area is 114 Å². The van der Waals surface area contributed by atoms with E-state index in [1.54, 1.807) is 12.1 Å². The molecule has 2 heteroatoms. The molecule has 102 valence electrons. The van der Waals surface area contributed by atoms with E-state index in [1.807, 2.05) is 12.1 Å². The van der Waals surface area contributed by atoms with Crippen LogP contribution in [-0.4, -0.2) is 16.3 Å². The summed E-state index contributed by atoms with van der Waals surface area (Å²) >= 11 is 0. The maximum absolute atomic E-state index is 9.71. The maximum atomic E-state index is 9.71. The lowest BCUT2D eigenvalue weighted by Gasteiger charge is -2.40. The largest absolute Gasteiger partial charge is 0.508 e. The van der Waals surface area contributed by atoms with Crippen LogP contribution < -0.4 is 0 Å². The number of benzene rings is 1. The first-order valence-corrected chi connectivity index (χ1v) is 7.32. The molecule has 2 aliphatic rings. The van der Waals surface area contributed by atoms with Crippen LogP contribution in [-0.2, 0) is 6.42 Å². The molecule has 0 radical (unpaired) electrons. The van der Waals surface area contributed by atoms with Crippen molar-refractivity contribution < 1.29 is 10.2 Å². The fourth-order valence-electron chi connectivity index (χ4n) is 3.76. The van der Waals surface area contributed by atoms with Crippen molar-refractivity contribution in [1.82, 2.24) is 0 Å². The van der Waals surface area contributed by atoms with Crippen molar-refractivity contribution >= 4 is 0 Å². The third kappa shape index (κ3) is 2.55. The SMILES string of the molecule is Oc1ccc(C[C@@H]2CC=CC23CCC(O)CC3)cc1. The Morgan fingerprint density at radius 2 is 1.79 bits per heavy atom. The van der Waals surface area contributed by atoms with Gasteiger partial charge in [0.25, 0.3) is 0 Å². The van der Waals surface area contributed by atoms with Crippen molar-refractivity contribution in [2.75, 3.05) is 0 Å². The molecule has 1 atom stereocenters. The number of aliphatic hydroxyl groups excluding tert-OH is 1. The molecular weight excluding hydrogens is 236 g/mol. The number of phenolic OH excluding ortho intramolecular Hbond substituents is 1. The maximum Gasteiger partial charge on any atom is 0.115 e. The van der Waals surface area contributed by atoms with Gasteiger partial charge in [-0.3, -0.25) is 0 Å². The highest BCUT2D eigenvalue weighted by molar-refractivity contribution is 5.27. The van der Waals surface area contributed by atoms with Crippen LogP contribution in [0.2, 0.25) is 0 Å². The summed E-state index contributed by atoms with van der Waals surface area (Å²) in [6.45, 7) is 0. The van der Waals surface area contributed by atoms with Gasteiger partial charge in [-0.1, -0.05) is 24.3 Å². The van der Waals surface area contributed by atoms with Crippen LogP contribution in [0.1, 0.15) is 37.7 Å². The number of allylic oxidation sites excluding steroid dienone is 2. The second-order valence-corrected chi connectivity index (χ2v) is 6.17. The average Bonchev–Trinajstić information content (AvgIpc) is 2.79. The van der Waals surface area contributed by atoms with Crippen molar-refractivity contribution in [3.63, 3.8) is 0 Å². The number of phenols is 1. The summed E-state index contributed by atoms with van der Waals surface area (Å²) in [5, 5.41) is 19.1. The third-order valence-electron chi connectivity index (χ3n) is 4.99. The molecule has 0 bridgehead atoms. The molecule has 0 saturated heterocycles. The van der Waals surface area contributed by atoms with Crippen molar-refractivity contribution in [3.05, 3.63) is 42.0 Å². The molecule has 19 heavy (non-hydrogen) atoms. The molecule has 0 unspecified atom stereocenters. The summed E-state index contributed by atoms with van der Waals surface area (Å²) in [5.41, 5.74) is 1.62. The number of aromatic hydroxyl groups is 1. The number of aliphatic hydroxyl groups is 1. The van der Waals surface area contributed by atoms with Crippen LogP contribution in [0.4, 0.5) is 0 Å². The molecule has 2 nitrogen and oxygen atoms in total. The Balaban J connectivity index is 1.72. The minimum absolute atomic E-state index is 0.0889. The zero-order valence-corrected chi connectivity index (χ0v) is 11.3. The summed E-state index contributed by atoms with van der Waals surface area (Å²) in [7, 11) is 0. The fourth-order valence-corrected chi connectivity index (χ4v) is 3.76. The zero-order chi connectivity index (χ0) is 13.3. The zero-order valence-electron chi connectivity index (χ0n) is 11.3. The van der Waals surface area contributed by atoms with Gasteiger partial charge in [0.05, 0.1) is 6.10 Å². The van der Waals surface area contributed by atoms with E-state index in [2.05, 4.69) is 12.2 Å². The van der Waals surface area contributed by atoms with Crippen molar-refractivity contribution in [2.24, 2.45) is 11.3 Å². The Bertz CT molecular complexity index is 453. The topological polar surface area (TPSA) is 40.5 Å². The van der Waals surface area contributed by atoms with Crippen molar-refractivity contribution in [2.45, 2.75) is 44.6 Å². The molecule has 2 N–H and O–H groups in total. The molecule has 1 spiro atoms. The minimum Gasteiger partial charge on any atom is -0.508 e. The van der Waals surface area contributed by atoms with E-state index in [4.69, 9.17) is 0 Å². The van der Waals surface area contributed by atoms with E-state index in [9.17, 15) is 10.2 Å². The van der Waals surface area contributed by atoms with Crippen LogP contribution in [0.15, 0.2) is 36.4 Å². The Kier molecular flexibility index (Phi) is 3.36. The third-order valence-corrected chi connectivity index (χ3v) is 4.99. The quantitative estimate of drug-likeness (QED) is 0.798. The first-order valence-electron chi connectivity index (χ1n) is 7.32. The van der Waals surface area contributed by atoms with Gasteiger partial charge in [0.2, 0.25) is 0 Å². The Morgan fingerprint density at radius 1 is 1.11 bits per heavy atom. The van der Waals surface area contributed by atoms with Crippen LogP contribution in [0, 0.1) is 11.3 Å². The van der Waals surface area contributed by atoms with Crippen LogP contribution in [0.3, 0.4) is 0 Å². The van der Waals surface area contributed by atoms with Gasteiger partial charge in [0.15, 0.2) is 0 Å². The lowest BCUT2D eigenvalue weighted by Crippen LogP contribution is -2.33. The highest BCUT2D eigenvalue weighted by atomic mass is 16.3. The summed E-state index contributed by atoms with van der Waals surface area (Å²) in [4.78, 5) is 0. The van der Waals surface area contributed by atoms with E-state index in [-0.39, 0.29) is 6.10 Å². The molecule has 0 heterocycles. The molecule has 1 saturated carbocycles. The molecule has 1 fully saturated rings. The van der Waals surface area contributed by atoms with Gasteiger partial charge >= 0.3 is 0 Å². The highest BCUT2D eigenvalue weighted by Gasteiger charge is 2.41. The number of rotatable bonds is 2. The lowest BCUT2D eigenvalue weighted by atomic mass is 9.66. The fraction of sp³-hybridized carbons (Fsp3) is 0.529. The summed E-state index contributed by atoms with van der Waals surface area (Å²) in [6.07, 6.45) is 11.0. The van der Waals surface area contributed by atoms with E-state index < -0.39 is 0 Å². The first-order chi connectivity index (χ1) is 9.18. The van der Waals surface area contributed by atoms with Gasteiger partial charge in [0.1, 0.15) is 5.75 Å². The molecule has 2 aliphatic carbocycles. The first kappa shape index (κ1) is 12.7. The number of hydrogen-bond acceptors (Lipinski definition) is 2. The van der Waals surface area contributed by atoms with Gasteiger partial charge in [-0.15, -0.1) is 0 Å². The van der Waals surface area contributed by atoms with E-state index in [0.29, 0.717) is 17.1 Å². The highest BCUT2D eigenvalue weighted by Crippen LogP contribution is 2.50. The smallest absolute Gasteiger partial charge is 0.115 e. The van der Waals surface area contributed by atoms with Crippen LogP contribution in [0.5, 0.6) is 5.75 Å². The molecule has 3 rings (SSSR count). The second kappa shape index (κ2) is 5.01. The van der Waals surface area contributed by atoms with Gasteiger partial charge in [-0.2, -0.15) is 0 Å². The normalized spacial score (nSPS) is 33.9. The van der Waals surface area contributed by atoms with Gasteiger partial charge < -0.3 is 10.2 Å². The molecule has 1 aromatic carbocycles. The Morgan fingerprint density at radius 3 is 2.47 bits per heavy atom. The van der Waals surface area contributed by atoms with E-state index in [0.717, 1.165) is 38.5 Å². The van der Waals surface area contributed by atoms with Gasteiger partial charge in [-0.05, 0) is 67.6 Å². The van der Waals surface area contributed by atoms with Crippen LogP contribution >= 0.6 is 0 Å². The molecule has 0 aliphatic heterocycles. The van der Waals surface area contributed by atoms with E-state index >= 15 is 0 Å². The predicted molar refractivity (Wildman–Crippen MR) is 76.0 cm³/mol. The monoisotopic (exact) mass is 258 g/mol. The summed E-state index contributed by atoms with van der Waals surface area (Å²) < 4.78 is 0. The summed E-state index contributed by atoms with van der Waals surface area (Å²) in [5.74, 6) is 0.994. The van der Waals surface area contributed by atoms with Crippen LogP contribution in [0.25, 0.3) is 0 Å². The average molecular weight is 258 g/mol. The van der Waals surface area contributed by atoms with Crippen molar-refractivity contribution in [3.8, 4) is 5.75 Å². The van der Waals surface area contributed by atoms with Gasteiger partial charge in [-0.25, -0.2) is 0 Å². The predicted octanol–water partition coefficient (Wildman–Crippen LogP) is 3.43. The number of hydrogen-bond donors (Lipinski definition) is 2. The standard InChI is InChI=1S/C17H22O2/c18-15-5-3-13(4-6-15)12-14-2-1-9-17(14)10-7-16(19)8-11-17/h1,3-6,9,14,16,18-19H,2,7-8,10-12H2/t14-,16?,17?/m0/s1.